The molecular weight excluding hydrogens is 408 g/mol. The van der Waals surface area contributed by atoms with Crippen LogP contribution < -0.4 is 0 Å². The van der Waals surface area contributed by atoms with E-state index in [4.69, 9.17) is 0 Å². The second-order valence-electron chi connectivity index (χ2n) is 7.73. The molecule has 30 heavy (non-hydrogen) atoms. The number of sulfonamides is 1. The lowest BCUT2D eigenvalue weighted by atomic mass is 10.2. The maximum absolute atomic E-state index is 12.9. The zero-order valence-electron chi connectivity index (χ0n) is 17.0. The summed E-state index contributed by atoms with van der Waals surface area (Å²) >= 11 is 0. The summed E-state index contributed by atoms with van der Waals surface area (Å²) in [6, 6.07) is 7.54. The topological polar surface area (TPSA) is 110 Å². The minimum absolute atomic E-state index is 0.00113. The Balaban J connectivity index is 1.28. The number of fused-ring (bicyclic) bond motifs is 1. The Morgan fingerprint density at radius 2 is 1.60 bits per heavy atom. The average molecular weight is 435 g/mol. The molecule has 2 aromatic rings. The Bertz CT molecular complexity index is 1040. The number of amides is 2. The molecule has 2 amide bonds. The van der Waals surface area contributed by atoms with Crippen molar-refractivity contribution in [1.82, 2.24) is 29.2 Å². The van der Waals surface area contributed by atoms with E-state index in [1.54, 1.807) is 9.80 Å². The first-order valence-electron chi connectivity index (χ1n) is 10.0. The molecule has 1 aromatic heterocycles. The Morgan fingerprint density at radius 1 is 0.967 bits per heavy atom. The minimum Gasteiger partial charge on any atom is -0.339 e. The molecule has 162 valence electrons. The van der Waals surface area contributed by atoms with Gasteiger partial charge in [0.25, 0.3) is 5.91 Å². The van der Waals surface area contributed by atoms with E-state index in [2.05, 4.69) is 10.2 Å². The number of hydrogen-bond donors (Lipinski definition) is 1. The molecule has 0 unspecified atom stereocenters. The van der Waals surface area contributed by atoms with Gasteiger partial charge in [-0.2, -0.15) is 9.40 Å². The molecule has 0 saturated carbocycles. The number of hydrogen-bond acceptors (Lipinski definition) is 6. The van der Waals surface area contributed by atoms with Gasteiger partial charge in [0, 0.05) is 57.7 Å². The first-order chi connectivity index (χ1) is 14.3. The van der Waals surface area contributed by atoms with E-state index < -0.39 is 10.0 Å². The van der Waals surface area contributed by atoms with Crippen LogP contribution in [-0.2, 0) is 14.8 Å². The molecule has 4 rings (SSSR count). The molecule has 0 radical (unpaired) electrons. The summed E-state index contributed by atoms with van der Waals surface area (Å²) in [5.41, 5.74) is 1.26. The summed E-state index contributed by atoms with van der Waals surface area (Å²) < 4.78 is 24.6. The summed E-state index contributed by atoms with van der Waals surface area (Å²) in [5, 5.41) is 7.89. The van der Waals surface area contributed by atoms with E-state index in [9.17, 15) is 18.0 Å². The Labute approximate surface area is 175 Å². The van der Waals surface area contributed by atoms with Crippen LogP contribution in [0.25, 0.3) is 10.9 Å². The lowest BCUT2D eigenvalue weighted by Gasteiger charge is -2.37. The number of nitrogens with zero attached hydrogens (tertiary/aromatic N) is 5. The van der Waals surface area contributed by atoms with Gasteiger partial charge in [-0.05, 0) is 6.07 Å². The zero-order chi connectivity index (χ0) is 21.3. The summed E-state index contributed by atoms with van der Waals surface area (Å²) in [7, 11) is -3.21. The number of benzene rings is 1. The highest BCUT2D eigenvalue weighted by Crippen LogP contribution is 2.18. The predicted octanol–water partition coefficient (Wildman–Crippen LogP) is -0.575. The molecule has 1 aromatic carbocycles. The minimum atomic E-state index is -3.21. The van der Waals surface area contributed by atoms with Crippen LogP contribution in [0, 0.1) is 0 Å². The zero-order valence-corrected chi connectivity index (χ0v) is 17.8. The normalized spacial score (nSPS) is 19.4. The second kappa shape index (κ2) is 8.32. The van der Waals surface area contributed by atoms with Crippen LogP contribution in [-0.4, -0.2) is 115 Å². The van der Waals surface area contributed by atoms with Gasteiger partial charge in [0.15, 0.2) is 5.69 Å². The summed E-state index contributed by atoms with van der Waals surface area (Å²) in [5.74, 6) is -0.100. The third kappa shape index (κ3) is 4.32. The van der Waals surface area contributed by atoms with E-state index in [0.717, 1.165) is 10.9 Å². The molecule has 0 bridgehead atoms. The second-order valence-corrected chi connectivity index (χ2v) is 9.71. The molecule has 11 heteroatoms. The Hall–Kier alpha value is -2.50. The van der Waals surface area contributed by atoms with Crippen molar-refractivity contribution in [2.75, 3.05) is 65.2 Å². The SMILES string of the molecule is CS(=O)(=O)N1CCN(C(=O)CN2CCN(C(=O)c3n[nH]c4ccccc34)CC2)CC1. The van der Waals surface area contributed by atoms with Crippen LogP contribution in [0.15, 0.2) is 24.3 Å². The van der Waals surface area contributed by atoms with Crippen LogP contribution in [0.2, 0.25) is 0 Å². The lowest BCUT2D eigenvalue weighted by molar-refractivity contribution is -0.133. The van der Waals surface area contributed by atoms with Gasteiger partial charge >= 0.3 is 0 Å². The van der Waals surface area contributed by atoms with Crippen molar-refractivity contribution in [1.29, 1.82) is 0 Å². The lowest BCUT2D eigenvalue weighted by Crippen LogP contribution is -2.55. The van der Waals surface area contributed by atoms with Gasteiger partial charge in [-0.1, -0.05) is 18.2 Å². The highest BCUT2D eigenvalue weighted by Gasteiger charge is 2.29. The van der Waals surface area contributed by atoms with Gasteiger partial charge in [-0.3, -0.25) is 19.6 Å². The van der Waals surface area contributed by atoms with Crippen LogP contribution in [0.5, 0.6) is 0 Å². The van der Waals surface area contributed by atoms with E-state index in [-0.39, 0.29) is 18.4 Å². The van der Waals surface area contributed by atoms with E-state index in [1.165, 1.54) is 10.6 Å². The standard InChI is InChI=1S/C19H26N6O4S/c1-30(28,29)25-12-10-23(11-13-25)17(26)14-22-6-8-24(9-7-22)19(27)18-15-4-2-3-5-16(15)20-21-18/h2-5H,6-14H2,1H3,(H,20,21). The first-order valence-corrected chi connectivity index (χ1v) is 11.9. The summed E-state index contributed by atoms with van der Waals surface area (Å²) in [6.45, 7) is 4.09. The Morgan fingerprint density at radius 3 is 2.27 bits per heavy atom. The Kier molecular flexibility index (Phi) is 5.76. The third-order valence-electron chi connectivity index (χ3n) is 5.75. The van der Waals surface area contributed by atoms with Crippen molar-refractivity contribution in [2.24, 2.45) is 0 Å². The number of nitrogens with one attached hydrogen (secondary N) is 1. The highest BCUT2D eigenvalue weighted by molar-refractivity contribution is 7.88. The van der Waals surface area contributed by atoms with Gasteiger partial charge in [0.05, 0.1) is 18.3 Å². The predicted molar refractivity (Wildman–Crippen MR) is 111 cm³/mol. The molecule has 0 aliphatic carbocycles. The third-order valence-corrected chi connectivity index (χ3v) is 7.05. The monoisotopic (exact) mass is 434 g/mol. The maximum Gasteiger partial charge on any atom is 0.275 e. The van der Waals surface area contributed by atoms with Gasteiger partial charge < -0.3 is 9.80 Å². The number of piperazine rings is 2. The molecule has 2 fully saturated rings. The van der Waals surface area contributed by atoms with Crippen molar-refractivity contribution in [3.8, 4) is 0 Å². The fraction of sp³-hybridized carbons (Fsp3) is 0.526. The van der Waals surface area contributed by atoms with Gasteiger partial charge in [0.2, 0.25) is 15.9 Å². The van der Waals surface area contributed by atoms with Gasteiger partial charge in [0.1, 0.15) is 0 Å². The summed E-state index contributed by atoms with van der Waals surface area (Å²) in [4.78, 5) is 31.0. The van der Waals surface area contributed by atoms with Crippen LogP contribution in [0.3, 0.4) is 0 Å². The fourth-order valence-corrected chi connectivity index (χ4v) is 4.77. The van der Waals surface area contributed by atoms with Crippen molar-refractivity contribution in [3.63, 3.8) is 0 Å². The van der Waals surface area contributed by atoms with Crippen molar-refractivity contribution < 1.29 is 18.0 Å². The number of aromatic nitrogens is 2. The van der Waals surface area contributed by atoms with Gasteiger partial charge in [-0.15, -0.1) is 0 Å². The number of rotatable bonds is 4. The number of aromatic amines is 1. The molecule has 2 saturated heterocycles. The highest BCUT2D eigenvalue weighted by atomic mass is 32.2. The smallest absolute Gasteiger partial charge is 0.275 e. The van der Waals surface area contributed by atoms with Crippen LogP contribution in [0.4, 0.5) is 0 Å². The van der Waals surface area contributed by atoms with Crippen LogP contribution >= 0.6 is 0 Å². The van der Waals surface area contributed by atoms with E-state index in [1.807, 2.05) is 29.2 Å². The van der Waals surface area contributed by atoms with Crippen molar-refractivity contribution in [2.45, 2.75) is 0 Å². The molecule has 0 atom stereocenters. The number of para-hydroxylation sites is 1. The molecule has 0 spiro atoms. The van der Waals surface area contributed by atoms with Crippen molar-refractivity contribution >= 4 is 32.7 Å². The number of carbonyl (C=O) groups is 2. The quantitative estimate of drug-likeness (QED) is 0.690. The maximum atomic E-state index is 12.9. The molecule has 10 nitrogen and oxygen atoms in total. The molecule has 3 heterocycles. The molecular formula is C19H26N6O4S. The van der Waals surface area contributed by atoms with Gasteiger partial charge in [-0.25, -0.2) is 8.42 Å². The number of H-pyrrole nitrogens is 1. The largest absolute Gasteiger partial charge is 0.339 e. The average Bonchev–Trinajstić information content (AvgIpc) is 3.17. The molecule has 1 N–H and O–H groups in total. The number of carbonyl (C=O) groups excluding carboxylic acids is 2. The van der Waals surface area contributed by atoms with Crippen molar-refractivity contribution in [3.05, 3.63) is 30.0 Å². The van der Waals surface area contributed by atoms with E-state index in [0.29, 0.717) is 58.1 Å². The fourth-order valence-electron chi connectivity index (χ4n) is 3.95. The van der Waals surface area contributed by atoms with Crippen LogP contribution in [0.1, 0.15) is 10.5 Å². The molecule has 2 aliphatic rings. The molecule has 2 aliphatic heterocycles. The van der Waals surface area contributed by atoms with E-state index >= 15 is 0 Å². The first kappa shape index (κ1) is 20.8. The summed E-state index contributed by atoms with van der Waals surface area (Å²) in [6.07, 6.45) is 1.19.